The van der Waals surface area contributed by atoms with E-state index in [0.29, 0.717) is 5.56 Å². The number of ether oxygens (including phenoxy) is 1. The van der Waals surface area contributed by atoms with E-state index < -0.39 is 12.0 Å². The minimum atomic E-state index is -1.20. The Labute approximate surface area is 81.7 Å². The van der Waals surface area contributed by atoms with Gasteiger partial charge in [0.2, 0.25) is 0 Å². The van der Waals surface area contributed by atoms with Crippen LogP contribution in [0.5, 0.6) is 5.75 Å². The minimum absolute atomic E-state index is 0.210. The molecule has 0 aliphatic heterocycles. The van der Waals surface area contributed by atoms with Crippen LogP contribution in [0, 0.1) is 5.82 Å². The number of benzene rings is 1. The van der Waals surface area contributed by atoms with Crippen molar-refractivity contribution < 1.29 is 13.5 Å². The number of hydrogen-bond donors (Lipinski definition) is 1. The Balaban J connectivity index is 2.95. The molecule has 0 saturated heterocycles. The topological polar surface area (TPSA) is 35.2 Å². The van der Waals surface area contributed by atoms with Crippen LogP contribution in [0.25, 0.3) is 0 Å². The Bertz CT molecular complexity index is 304. The largest absolute Gasteiger partial charge is 0.496 e. The number of methoxy groups -OCH3 is 1. The highest BCUT2D eigenvalue weighted by molar-refractivity contribution is 5.35. The predicted molar refractivity (Wildman–Crippen MR) is 50.5 cm³/mol. The summed E-state index contributed by atoms with van der Waals surface area (Å²) in [6.45, 7) is 0.252. The second-order valence-electron chi connectivity index (χ2n) is 2.93. The Kier molecular flexibility index (Phi) is 3.83. The van der Waals surface area contributed by atoms with Crippen molar-refractivity contribution >= 4 is 0 Å². The zero-order valence-corrected chi connectivity index (χ0v) is 7.97. The Morgan fingerprint density at radius 3 is 2.79 bits per heavy atom. The van der Waals surface area contributed by atoms with Crippen LogP contribution in [0.4, 0.5) is 8.78 Å². The first-order valence-corrected chi connectivity index (χ1v) is 4.36. The molecule has 0 saturated carbocycles. The average molecular weight is 201 g/mol. The fourth-order valence-corrected chi connectivity index (χ4v) is 1.25. The third-order valence-electron chi connectivity index (χ3n) is 1.95. The summed E-state index contributed by atoms with van der Waals surface area (Å²) in [4.78, 5) is 0. The molecular weight excluding hydrogens is 188 g/mol. The van der Waals surface area contributed by atoms with Gasteiger partial charge in [0.25, 0.3) is 0 Å². The molecule has 78 valence electrons. The van der Waals surface area contributed by atoms with Gasteiger partial charge in [-0.25, -0.2) is 8.78 Å². The van der Waals surface area contributed by atoms with Crippen molar-refractivity contribution in [3.63, 3.8) is 0 Å². The van der Waals surface area contributed by atoms with Gasteiger partial charge in [-0.15, -0.1) is 0 Å². The molecule has 1 aromatic carbocycles. The van der Waals surface area contributed by atoms with Gasteiger partial charge in [-0.2, -0.15) is 0 Å². The molecule has 14 heavy (non-hydrogen) atoms. The Hall–Kier alpha value is -1.16. The lowest BCUT2D eigenvalue weighted by atomic mass is 10.1. The summed E-state index contributed by atoms with van der Waals surface area (Å²) in [5.74, 6) is -0.212. The van der Waals surface area contributed by atoms with Gasteiger partial charge in [-0.05, 0) is 25.1 Å². The number of nitrogens with two attached hydrogens (primary N) is 1. The van der Waals surface area contributed by atoms with Gasteiger partial charge < -0.3 is 10.5 Å². The third kappa shape index (κ3) is 2.42. The zero-order chi connectivity index (χ0) is 10.6. The first-order valence-electron chi connectivity index (χ1n) is 4.36. The van der Waals surface area contributed by atoms with Crippen molar-refractivity contribution in [3.8, 4) is 5.75 Å². The van der Waals surface area contributed by atoms with Crippen LogP contribution in [0.2, 0.25) is 0 Å². The van der Waals surface area contributed by atoms with E-state index in [0.717, 1.165) is 0 Å². The Morgan fingerprint density at radius 2 is 2.21 bits per heavy atom. The van der Waals surface area contributed by atoms with E-state index in [1.165, 1.54) is 25.3 Å². The first kappa shape index (κ1) is 10.9. The molecule has 0 bridgehead atoms. The summed E-state index contributed by atoms with van der Waals surface area (Å²) >= 11 is 0. The van der Waals surface area contributed by atoms with Crippen molar-refractivity contribution in [2.24, 2.45) is 5.73 Å². The van der Waals surface area contributed by atoms with E-state index in [1.54, 1.807) is 0 Å². The van der Waals surface area contributed by atoms with Crippen LogP contribution in [0.15, 0.2) is 18.2 Å². The average Bonchev–Trinajstić information content (AvgIpc) is 2.17. The Morgan fingerprint density at radius 1 is 1.50 bits per heavy atom. The molecule has 1 unspecified atom stereocenters. The van der Waals surface area contributed by atoms with E-state index in [4.69, 9.17) is 10.5 Å². The standard InChI is InChI=1S/C10H13F2NO/c1-14-10-6-7(11)2-3-8(10)9(12)4-5-13/h2-3,6,9H,4-5,13H2,1H3. The second kappa shape index (κ2) is 4.91. The molecule has 1 aromatic rings. The molecule has 2 N–H and O–H groups in total. The van der Waals surface area contributed by atoms with Gasteiger partial charge in [0, 0.05) is 11.6 Å². The van der Waals surface area contributed by atoms with Crippen molar-refractivity contribution in [2.45, 2.75) is 12.6 Å². The van der Waals surface area contributed by atoms with Gasteiger partial charge in [-0.3, -0.25) is 0 Å². The van der Waals surface area contributed by atoms with Crippen molar-refractivity contribution in [2.75, 3.05) is 13.7 Å². The lowest BCUT2D eigenvalue weighted by Crippen LogP contribution is -2.05. The fraction of sp³-hybridized carbons (Fsp3) is 0.400. The maximum Gasteiger partial charge on any atom is 0.130 e. The summed E-state index contributed by atoms with van der Waals surface area (Å²) < 4.78 is 31.1. The molecule has 0 aromatic heterocycles. The lowest BCUT2D eigenvalue weighted by molar-refractivity contribution is 0.310. The van der Waals surface area contributed by atoms with Gasteiger partial charge in [0.1, 0.15) is 17.7 Å². The van der Waals surface area contributed by atoms with E-state index >= 15 is 0 Å². The quantitative estimate of drug-likeness (QED) is 0.810. The highest BCUT2D eigenvalue weighted by Crippen LogP contribution is 2.30. The summed E-state index contributed by atoms with van der Waals surface area (Å²) in [7, 11) is 1.38. The molecule has 0 aliphatic rings. The van der Waals surface area contributed by atoms with E-state index in [2.05, 4.69) is 0 Å². The molecule has 2 nitrogen and oxygen atoms in total. The fourth-order valence-electron chi connectivity index (χ4n) is 1.25. The summed E-state index contributed by atoms with van der Waals surface area (Å²) in [6, 6.07) is 3.76. The molecule has 0 amide bonds. The van der Waals surface area contributed by atoms with Gasteiger partial charge in [-0.1, -0.05) is 0 Å². The van der Waals surface area contributed by atoms with Crippen LogP contribution >= 0.6 is 0 Å². The van der Waals surface area contributed by atoms with Gasteiger partial charge >= 0.3 is 0 Å². The number of alkyl halides is 1. The molecule has 0 fully saturated rings. The second-order valence-corrected chi connectivity index (χ2v) is 2.93. The van der Waals surface area contributed by atoms with E-state index in [9.17, 15) is 8.78 Å². The number of rotatable bonds is 4. The molecule has 1 rings (SSSR count). The van der Waals surface area contributed by atoms with Crippen LogP contribution in [0.3, 0.4) is 0 Å². The van der Waals surface area contributed by atoms with Gasteiger partial charge in [0.15, 0.2) is 0 Å². The molecule has 4 heteroatoms. The molecule has 0 heterocycles. The zero-order valence-electron chi connectivity index (χ0n) is 7.97. The normalized spacial score (nSPS) is 12.6. The highest BCUT2D eigenvalue weighted by atomic mass is 19.1. The van der Waals surface area contributed by atoms with E-state index in [-0.39, 0.29) is 18.7 Å². The molecule has 0 radical (unpaired) electrons. The van der Waals surface area contributed by atoms with Crippen LogP contribution in [-0.2, 0) is 0 Å². The van der Waals surface area contributed by atoms with E-state index in [1.807, 2.05) is 0 Å². The SMILES string of the molecule is COc1cc(F)ccc1C(F)CCN. The molecule has 0 aliphatic carbocycles. The smallest absolute Gasteiger partial charge is 0.130 e. The molecule has 1 atom stereocenters. The maximum atomic E-state index is 13.4. The third-order valence-corrected chi connectivity index (χ3v) is 1.95. The van der Waals surface area contributed by atoms with Crippen LogP contribution in [0.1, 0.15) is 18.2 Å². The predicted octanol–water partition coefficient (Wildman–Crippen LogP) is 2.19. The number of hydrogen-bond acceptors (Lipinski definition) is 2. The van der Waals surface area contributed by atoms with Crippen LogP contribution < -0.4 is 10.5 Å². The van der Waals surface area contributed by atoms with Crippen molar-refractivity contribution in [1.82, 2.24) is 0 Å². The first-order chi connectivity index (χ1) is 6.69. The van der Waals surface area contributed by atoms with Crippen molar-refractivity contribution in [1.29, 1.82) is 0 Å². The van der Waals surface area contributed by atoms with Crippen molar-refractivity contribution in [3.05, 3.63) is 29.6 Å². The highest BCUT2D eigenvalue weighted by Gasteiger charge is 2.14. The summed E-state index contributed by atoms with van der Waals surface area (Å²) in [5.41, 5.74) is 5.58. The summed E-state index contributed by atoms with van der Waals surface area (Å²) in [5, 5.41) is 0. The molecular formula is C10H13F2NO. The van der Waals surface area contributed by atoms with Gasteiger partial charge in [0.05, 0.1) is 7.11 Å². The summed E-state index contributed by atoms with van der Waals surface area (Å²) in [6.07, 6.45) is -0.988. The lowest BCUT2D eigenvalue weighted by Gasteiger charge is -2.11. The van der Waals surface area contributed by atoms with Crippen LogP contribution in [-0.4, -0.2) is 13.7 Å². The monoisotopic (exact) mass is 201 g/mol. The minimum Gasteiger partial charge on any atom is -0.496 e. The number of halogens is 2. The maximum absolute atomic E-state index is 13.4. The molecule has 0 spiro atoms.